The largest absolute Gasteiger partial charge is 0.495 e. The Morgan fingerprint density at radius 2 is 1.81 bits per heavy atom. The van der Waals surface area contributed by atoms with Gasteiger partial charge in [-0.25, -0.2) is 0 Å². The number of hydrogen-bond acceptors (Lipinski definition) is 7. The molecule has 0 bridgehead atoms. The highest BCUT2D eigenvalue weighted by atomic mass is 35.5. The predicted molar refractivity (Wildman–Crippen MR) is 106 cm³/mol. The summed E-state index contributed by atoms with van der Waals surface area (Å²) in [6, 6.07) is 13.5. The van der Waals surface area contributed by atoms with E-state index in [0.717, 1.165) is 5.56 Å². The van der Waals surface area contributed by atoms with Crippen LogP contribution in [0.5, 0.6) is 11.5 Å². The summed E-state index contributed by atoms with van der Waals surface area (Å²) in [5.41, 5.74) is 1.82. The molecule has 7 nitrogen and oxygen atoms in total. The highest BCUT2D eigenvalue weighted by Gasteiger charge is 2.12. The highest BCUT2D eigenvalue weighted by molar-refractivity contribution is 6.32. The van der Waals surface area contributed by atoms with Crippen LogP contribution in [0.1, 0.15) is 5.56 Å². The monoisotopic (exact) mass is 385 g/mol. The standard InChI is InChI=1S/C19H20ClN5O2/c1-25(12-13-7-5-4-6-8-13)19-23-18(11-21-24-19)22-15-10-16(26-2)14(20)9-17(15)27-3/h4-11H,12H2,1-3H3,(H,22,23,24). The van der Waals surface area contributed by atoms with Crippen molar-refractivity contribution < 1.29 is 9.47 Å². The molecule has 8 heteroatoms. The Bertz CT molecular complexity index is 908. The van der Waals surface area contributed by atoms with E-state index in [1.807, 2.05) is 30.1 Å². The Kier molecular flexibility index (Phi) is 5.93. The molecule has 0 spiro atoms. The van der Waals surface area contributed by atoms with Crippen molar-refractivity contribution in [3.05, 3.63) is 59.2 Å². The Balaban J connectivity index is 1.82. The van der Waals surface area contributed by atoms with Crippen molar-refractivity contribution in [1.29, 1.82) is 0 Å². The van der Waals surface area contributed by atoms with E-state index in [0.29, 0.717) is 40.5 Å². The minimum Gasteiger partial charge on any atom is -0.495 e. The molecule has 3 aromatic rings. The summed E-state index contributed by atoms with van der Waals surface area (Å²) >= 11 is 6.15. The highest BCUT2D eigenvalue weighted by Crippen LogP contribution is 2.37. The average Bonchev–Trinajstić information content (AvgIpc) is 2.70. The molecule has 1 N–H and O–H groups in total. The molecule has 0 unspecified atom stereocenters. The average molecular weight is 386 g/mol. The van der Waals surface area contributed by atoms with Crippen LogP contribution in [0.15, 0.2) is 48.7 Å². The third-order valence-corrected chi connectivity index (χ3v) is 4.18. The molecule has 140 valence electrons. The van der Waals surface area contributed by atoms with Gasteiger partial charge in [0, 0.05) is 25.7 Å². The van der Waals surface area contributed by atoms with Crippen LogP contribution in [0.4, 0.5) is 17.5 Å². The second-order valence-electron chi connectivity index (χ2n) is 5.80. The van der Waals surface area contributed by atoms with Gasteiger partial charge in [-0.1, -0.05) is 41.9 Å². The van der Waals surface area contributed by atoms with E-state index in [1.165, 1.54) is 0 Å². The minimum absolute atomic E-state index is 0.462. The predicted octanol–water partition coefficient (Wildman–Crippen LogP) is 3.92. The minimum atomic E-state index is 0.462. The summed E-state index contributed by atoms with van der Waals surface area (Å²) in [4.78, 5) is 6.45. The van der Waals surface area contributed by atoms with Crippen LogP contribution in [-0.2, 0) is 6.54 Å². The molecule has 0 amide bonds. The molecular weight excluding hydrogens is 366 g/mol. The normalized spacial score (nSPS) is 10.4. The zero-order chi connectivity index (χ0) is 19.2. The van der Waals surface area contributed by atoms with E-state index in [1.54, 1.807) is 32.5 Å². The van der Waals surface area contributed by atoms with E-state index >= 15 is 0 Å². The number of halogens is 1. The number of benzene rings is 2. The maximum absolute atomic E-state index is 6.15. The van der Waals surface area contributed by atoms with Gasteiger partial charge in [0.05, 0.1) is 31.1 Å². The molecule has 0 radical (unpaired) electrons. The third kappa shape index (κ3) is 4.57. The van der Waals surface area contributed by atoms with Crippen LogP contribution in [0.3, 0.4) is 0 Å². The van der Waals surface area contributed by atoms with Crippen molar-refractivity contribution in [1.82, 2.24) is 15.2 Å². The molecule has 27 heavy (non-hydrogen) atoms. The number of hydrogen-bond donors (Lipinski definition) is 1. The van der Waals surface area contributed by atoms with Gasteiger partial charge < -0.3 is 19.7 Å². The molecule has 0 fully saturated rings. The van der Waals surface area contributed by atoms with Crippen molar-refractivity contribution in [3.63, 3.8) is 0 Å². The summed E-state index contributed by atoms with van der Waals surface area (Å²) in [5, 5.41) is 11.8. The molecule has 0 aliphatic carbocycles. The first-order chi connectivity index (χ1) is 13.1. The number of anilines is 3. The zero-order valence-electron chi connectivity index (χ0n) is 15.3. The first-order valence-corrected chi connectivity index (χ1v) is 8.62. The van der Waals surface area contributed by atoms with E-state index in [9.17, 15) is 0 Å². The maximum Gasteiger partial charge on any atom is 0.247 e. The third-order valence-electron chi connectivity index (χ3n) is 3.89. The van der Waals surface area contributed by atoms with Crippen LogP contribution >= 0.6 is 11.6 Å². The van der Waals surface area contributed by atoms with Crippen molar-refractivity contribution in [2.75, 3.05) is 31.5 Å². The van der Waals surface area contributed by atoms with Crippen LogP contribution in [0.25, 0.3) is 0 Å². The second-order valence-corrected chi connectivity index (χ2v) is 6.20. The summed E-state index contributed by atoms with van der Waals surface area (Å²) in [6.45, 7) is 0.671. The Labute approximate surface area is 162 Å². The Morgan fingerprint density at radius 1 is 1.07 bits per heavy atom. The van der Waals surface area contributed by atoms with Gasteiger partial charge in [0.15, 0.2) is 5.82 Å². The smallest absolute Gasteiger partial charge is 0.247 e. The molecule has 0 saturated carbocycles. The lowest BCUT2D eigenvalue weighted by molar-refractivity contribution is 0.405. The van der Waals surface area contributed by atoms with E-state index in [-0.39, 0.29) is 0 Å². The quantitative estimate of drug-likeness (QED) is 0.660. The van der Waals surface area contributed by atoms with Crippen LogP contribution in [-0.4, -0.2) is 36.4 Å². The molecule has 2 aromatic carbocycles. The number of rotatable bonds is 7. The fraction of sp³-hybridized carbons (Fsp3) is 0.211. The van der Waals surface area contributed by atoms with Gasteiger partial charge in [0.2, 0.25) is 5.95 Å². The lowest BCUT2D eigenvalue weighted by Crippen LogP contribution is -2.20. The van der Waals surface area contributed by atoms with Crippen LogP contribution < -0.4 is 19.7 Å². The van der Waals surface area contributed by atoms with Crippen molar-refractivity contribution in [3.8, 4) is 11.5 Å². The summed E-state index contributed by atoms with van der Waals surface area (Å²) in [6.07, 6.45) is 1.54. The molecule has 0 aliphatic rings. The van der Waals surface area contributed by atoms with Gasteiger partial charge in [-0.3, -0.25) is 0 Å². The van der Waals surface area contributed by atoms with Crippen molar-refractivity contribution in [2.45, 2.75) is 6.54 Å². The zero-order valence-corrected chi connectivity index (χ0v) is 16.1. The number of nitrogens with zero attached hydrogens (tertiary/aromatic N) is 4. The molecule has 1 heterocycles. The van der Waals surface area contributed by atoms with Gasteiger partial charge in [-0.15, -0.1) is 5.10 Å². The first-order valence-electron chi connectivity index (χ1n) is 8.24. The molecule has 0 aliphatic heterocycles. The lowest BCUT2D eigenvalue weighted by Gasteiger charge is -2.18. The lowest BCUT2D eigenvalue weighted by atomic mass is 10.2. The second kappa shape index (κ2) is 8.55. The number of ether oxygens (including phenoxy) is 2. The van der Waals surface area contributed by atoms with Gasteiger partial charge in [-0.05, 0) is 5.56 Å². The topological polar surface area (TPSA) is 72.4 Å². The molecule has 1 aromatic heterocycles. The van der Waals surface area contributed by atoms with Gasteiger partial charge in [0.1, 0.15) is 11.5 Å². The van der Waals surface area contributed by atoms with Crippen LogP contribution in [0.2, 0.25) is 5.02 Å². The fourth-order valence-electron chi connectivity index (χ4n) is 2.54. The number of aromatic nitrogens is 3. The van der Waals surface area contributed by atoms with Crippen molar-refractivity contribution in [2.24, 2.45) is 0 Å². The van der Waals surface area contributed by atoms with Gasteiger partial charge in [0.25, 0.3) is 0 Å². The molecule has 0 saturated heterocycles. The van der Waals surface area contributed by atoms with Gasteiger partial charge >= 0.3 is 0 Å². The summed E-state index contributed by atoms with van der Waals surface area (Å²) in [5.74, 6) is 2.13. The van der Waals surface area contributed by atoms with Crippen molar-refractivity contribution >= 4 is 29.1 Å². The summed E-state index contributed by atoms with van der Waals surface area (Å²) < 4.78 is 10.6. The van der Waals surface area contributed by atoms with E-state index in [2.05, 4.69) is 32.6 Å². The maximum atomic E-state index is 6.15. The SMILES string of the molecule is COc1cc(Nc2cnnc(N(C)Cc3ccccc3)n2)c(OC)cc1Cl. The van der Waals surface area contributed by atoms with Gasteiger partial charge in [-0.2, -0.15) is 10.1 Å². The van der Waals surface area contributed by atoms with Crippen LogP contribution in [0, 0.1) is 0 Å². The molecule has 3 rings (SSSR count). The van der Waals surface area contributed by atoms with E-state index in [4.69, 9.17) is 21.1 Å². The van der Waals surface area contributed by atoms with E-state index < -0.39 is 0 Å². The Morgan fingerprint density at radius 3 is 2.52 bits per heavy atom. The molecular formula is C19H20ClN5O2. The Hall–Kier alpha value is -3.06. The first kappa shape index (κ1) is 18.7. The number of methoxy groups -OCH3 is 2. The fourth-order valence-corrected chi connectivity index (χ4v) is 2.77. The number of nitrogens with one attached hydrogen (secondary N) is 1. The molecule has 0 atom stereocenters. The summed E-state index contributed by atoms with van der Waals surface area (Å²) in [7, 11) is 5.04.